The van der Waals surface area contributed by atoms with Gasteiger partial charge in [-0.05, 0) is 38.2 Å². The smallest absolute Gasteiger partial charge is 0.255 e. The van der Waals surface area contributed by atoms with Crippen LogP contribution in [0.25, 0.3) is 0 Å². The van der Waals surface area contributed by atoms with E-state index in [4.69, 9.17) is 4.74 Å². The summed E-state index contributed by atoms with van der Waals surface area (Å²) in [6.45, 7) is 11.5. The summed E-state index contributed by atoms with van der Waals surface area (Å²) in [7, 11) is 1.51. The lowest BCUT2D eigenvalue weighted by Crippen LogP contribution is -2.30. The molecule has 0 unspecified atom stereocenters. The van der Waals surface area contributed by atoms with Crippen molar-refractivity contribution in [2.75, 3.05) is 38.6 Å². The van der Waals surface area contributed by atoms with Crippen LogP contribution in [0.15, 0.2) is 18.2 Å². The van der Waals surface area contributed by atoms with E-state index in [-0.39, 0.29) is 17.7 Å². The van der Waals surface area contributed by atoms with Gasteiger partial charge in [-0.15, -0.1) is 0 Å². The first-order chi connectivity index (χ1) is 11.9. The summed E-state index contributed by atoms with van der Waals surface area (Å²) in [5, 5.41) is 5.73. The molecule has 0 radical (unpaired) electrons. The lowest BCUT2D eigenvalue weighted by molar-refractivity contribution is -0.118. The highest BCUT2D eigenvalue weighted by atomic mass is 16.5. The second-order valence-electron chi connectivity index (χ2n) is 6.20. The number of nitrogens with zero attached hydrogens (tertiary/aromatic N) is 1. The molecule has 6 heteroatoms. The van der Waals surface area contributed by atoms with Crippen LogP contribution in [0.4, 0.5) is 5.69 Å². The van der Waals surface area contributed by atoms with Crippen LogP contribution in [0.2, 0.25) is 0 Å². The van der Waals surface area contributed by atoms with Gasteiger partial charge in [-0.2, -0.15) is 0 Å². The summed E-state index contributed by atoms with van der Waals surface area (Å²) < 4.78 is 5.31. The van der Waals surface area contributed by atoms with E-state index in [1.807, 2.05) is 13.8 Å². The third kappa shape index (κ3) is 6.74. The Labute approximate surface area is 150 Å². The molecule has 0 saturated carbocycles. The van der Waals surface area contributed by atoms with Crippen molar-refractivity contribution in [2.45, 2.75) is 34.1 Å². The summed E-state index contributed by atoms with van der Waals surface area (Å²) in [6, 6.07) is 5.06. The number of nitrogens with one attached hydrogen (secondary N) is 2. The maximum absolute atomic E-state index is 12.4. The lowest BCUT2D eigenvalue weighted by atomic mass is 10.1. The van der Waals surface area contributed by atoms with Gasteiger partial charge >= 0.3 is 0 Å². The molecule has 0 atom stereocenters. The Kier molecular flexibility index (Phi) is 8.99. The minimum absolute atomic E-state index is 0.0735. The Morgan fingerprint density at radius 1 is 1.20 bits per heavy atom. The number of benzene rings is 1. The van der Waals surface area contributed by atoms with Crippen LogP contribution in [0.1, 0.15) is 44.5 Å². The maximum Gasteiger partial charge on any atom is 0.255 e. The monoisotopic (exact) mass is 349 g/mol. The first-order valence-electron chi connectivity index (χ1n) is 8.92. The average molecular weight is 349 g/mol. The number of rotatable bonds is 10. The van der Waals surface area contributed by atoms with Crippen molar-refractivity contribution in [2.24, 2.45) is 5.92 Å². The minimum Gasteiger partial charge on any atom is -0.496 e. The predicted octanol–water partition coefficient (Wildman–Crippen LogP) is 2.75. The summed E-state index contributed by atoms with van der Waals surface area (Å²) in [5.41, 5.74) is 1.08. The van der Waals surface area contributed by atoms with E-state index in [1.54, 1.807) is 18.2 Å². The average Bonchev–Trinajstić information content (AvgIpc) is 2.61. The van der Waals surface area contributed by atoms with Crippen LogP contribution in [0.3, 0.4) is 0 Å². The lowest BCUT2D eigenvalue weighted by Gasteiger charge is -2.18. The zero-order chi connectivity index (χ0) is 18.8. The molecule has 25 heavy (non-hydrogen) atoms. The summed E-state index contributed by atoms with van der Waals surface area (Å²) in [4.78, 5) is 26.5. The quantitative estimate of drug-likeness (QED) is 0.637. The van der Waals surface area contributed by atoms with Gasteiger partial charge in [0.1, 0.15) is 5.75 Å². The zero-order valence-electron chi connectivity index (χ0n) is 16.0. The van der Waals surface area contributed by atoms with E-state index in [0.717, 1.165) is 26.1 Å². The molecular formula is C19H31N3O3. The number of methoxy groups -OCH3 is 1. The van der Waals surface area contributed by atoms with E-state index in [9.17, 15) is 9.59 Å². The van der Waals surface area contributed by atoms with Crippen molar-refractivity contribution in [3.63, 3.8) is 0 Å². The van der Waals surface area contributed by atoms with Gasteiger partial charge < -0.3 is 20.3 Å². The van der Waals surface area contributed by atoms with E-state index < -0.39 is 0 Å². The van der Waals surface area contributed by atoms with Gasteiger partial charge in [-0.1, -0.05) is 27.7 Å². The van der Waals surface area contributed by atoms with Gasteiger partial charge in [-0.3, -0.25) is 9.59 Å². The molecule has 2 N–H and O–H groups in total. The zero-order valence-corrected chi connectivity index (χ0v) is 16.0. The normalized spacial score (nSPS) is 10.8. The molecule has 0 aliphatic heterocycles. The number of carbonyl (C=O) groups is 2. The topological polar surface area (TPSA) is 70.7 Å². The van der Waals surface area contributed by atoms with Crippen molar-refractivity contribution in [3.8, 4) is 5.75 Å². The van der Waals surface area contributed by atoms with Crippen molar-refractivity contribution < 1.29 is 14.3 Å². The molecule has 1 aromatic rings. The first-order valence-corrected chi connectivity index (χ1v) is 8.92. The highest BCUT2D eigenvalue weighted by Crippen LogP contribution is 2.23. The predicted molar refractivity (Wildman–Crippen MR) is 101 cm³/mol. The molecule has 2 amide bonds. The first kappa shape index (κ1) is 21.0. The van der Waals surface area contributed by atoms with Gasteiger partial charge in [0, 0.05) is 24.2 Å². The maximum atomic E-state index is 12.4. The second kappa shape index (κ2) is 10.7. The van der Waals surface area contributed by atoms with E-state index in [2.05, 4.69) is 29.4 Å². The van der Waals surface area contributed by atoms with Crippen LogP contribution in [-0.2, 0) is 4.79 Å². The Morgan fingerprint density at radius 3 is 2.44 bits per heavy atom. The number of carbonyl (C=O) groups excluding carboxylic acids is 2. The molecule has 140 valence electrons. The molecule has 0 aliphatic carbocycles. The highest BCUT2D eigenvalue weighted by molar-refractivity contribution is 5.98. The number of ether oxygens (including phenoxy) is 1. The standard InChI is InChI=1S/C19H31N3O3/c1-6-22(7-2)12-8-11-20-19(24)16-10-9-15(13-17(16)25-5)21-18(23)14(3)4/h9-10,13-14H,6-8,11-12H2,1-5H3,(H,20,24)(H,21,23). The van der Waals surface area contributed by atoms with Crippen LogP contribution in [0.5, 0.6) is 5.75 Å². The molecule has 0 bridgehead atoms. The van der Waals surface area contributed by atoms with E-state index in [1.165, 1.54) is 7.11 Å². The van der Waals surface area contributed by atoms with Crippen molar-refractivity contribution >= 4 is 17.5 Å². The number of hydrogen-bond donors (Lipinski definition) is 2. The van der Waals surface area contributed by atoms with Crippen LogP contribution < -0.4 is 15.4 Å². The number of hydrogen-bond acceptors (Lipinski definition) is 4. The molecule has 0 saturated heterocycles. The molecule has 0 spiro atoms. The van der Waals surface area contributed by atoms with Crippen LogP contribution in [0, 0.1) is 5.92 Å². The summed E-state index contributed by atoms with van der Waals surface area (Å²) in [5.74, 6) is 0.0939. The molecule has 0 fully saturated rings. The van der Waals surface area contributed by atoms with Crippen molar-refractivity contribution in [3.05, 3.63) is 23.8 Å². The Balaban J connectivity index is 2.64. The molecular weight excluding hydrogens is 318 g/mol. The number of amides is 2. The SMILES string of the molecule is CCN(CC)CCCNC(=O)c1ccc(NC(=O)C(C)C)cc1OC. The number of anilines is 1. The fourth-order valence-electron chi connectivity index (χ4n) is 2.38. The van der Waals surface area contributed by atoms with Crippen LogP contribution in [-0.4, -0.2) is 50.0 Å². The molecule has 1 aromatic carbocycles. The molecule has 1 rings (SSSR count). The van der Waals surface area contributed by atoms with Gasteiger partial charge in [0.05, 0.1) is 12.7 Å². The second-order valence-corrected chi connectivity index (χ2v) is 6.20. The minimum atomic E-state index is -0.168. The van der Waals surface area contributed by atoms with Crippen molar-refractivity contribution in [1.29, 1.82) is 0 Å². The summed E-state index contributed by atoms with van der Waals surface area (Å²) >= 11 is 0. The van der Waals surface area contributed by atoms with E-state index >= 15 is 0 Å². The Morgan fingerprint density at radius 2 is 1.88 bits per heavy atom. The molecule has 6 nitrogen and oxygen atoms in total. The summed E-state index contributed by atoms with van der Waals surface area (Å²) in [6.07, 6.45) is 0.901. The van der Waals surface area contributed by atoms with Crippen LogP contribution >= 0.6 is 0 Å². The van der Waals surface area contributed by atoms with Gasteiger partial charge in [0.2, 0.25) is 5.91 Å². The molecule has 0 heterocycles. The van der Waals surface area contributed by atoms with Crippen molar-refractivity contribution in [1.82, 2.24) is 10.2 Å². The fraction of sp³-hybridized carbons (Fsp3) is 0.579. The van der Waals surface area contributed by atoms with Gasteiger partial charge in [0.25, 0.3) is 5.91 Å². The molecule has 0 aromatic heterocycles. The Bertz CT molecular complexity index is 569. The highest BCUT2D eigenvalue weighted by Gasteiger charge is 2.14. The van der Waals surface area contributed by atoms with Gasteiger partial charge in [0.15, 0.2) is 0 Å². The largest absolute Gasteiger partial charge is 0.496 e. The fourth-order valence-corrected chi connectivity index (χ4v) is 2.38. The third-order valence-electron chi connectivity index (χ3n) is 4.07. The van der Waals surface area contributed by atoms with Gasteiger partial charge in [-0.25, -0.2) is 0 Å². The third-order valence-corrected chi connectivity index (χ3v) is 4.07. The Hall–Kier alpha value is -2.08. The van der Waals surface area contributed by atoms with E-state index in [0.29, 0.717) is 23.5 Å². The molecule has 0 aliphatic rings.